The van der Waals surface area contributed by atoms with E-state index in [0.717, 1.165) is 18.8 Å². The van der Waals surface area contributed by atoms with Crippen LogP contribution in [-0.2, 0) is 11.8 Å². The van der Waals surface area contributed by atoms with Gasteiger partial charge in [0, 0.05) is 12.5 Å². The average molecular weight is 231 g/mol. The molecule has 0 amide bonds. The first-order valence-corrected chi connectivity index (χ1v) is 6.65. The molecule has 2 atom stereocenters. The van der Waals surface area contributed by atoms with Crippen LogP contribution in [0.5, 0.6) is 5.75 Å². The Morgan fingerprint density at radius 2 is 2.29 bits per heavy atom. The van der Waals surface area contributed by atoms with Crippen molar-refractivity contribution in [2.45, 2.75) is 44.1 Å². The van der Waals surface area contributed by atoms with Gasteiger partial charge in [-0.05, 0) is 48.9 Å². The van der Waals surface area contributed by atoms with E-state index in [0.29, 0.717) is 11.5 Å². The standard InChI is InChI=1S/C15H21NO/c1-15(7-5-13(10-15)16-2)12-3-4-14-11(9-12)6-8-17-14/h3-4,9,13,16H,5-8,10H2,1-2H3. The van der Waals surface area contributed by atoms with Crippen molar-refractivity contribution in [1.82, 2.24) is 5.32 Å². The monoisotopic (exact) mass is 231 g/mol. The van der Waals surface area contributed by atoms with Crippen molar-refractivity contribution in [2.75, 3.05) is 13.7 Å². The second kappa shape index (κ2) is 4.02. The van der Waals surface area contributed by atoms with Crippen LogP contribution in [0.4, 0.5) is 0 Å². The first kappa shape index (κ1) is 11.1. The van der Waals surface area contributed by atoms with Crippen LogP contribution in [0.2, 0.25) is 0 Å². The van der Waals surface area contributed by atoms with Gasteiger partial charge in [-0.25, -0.2) is 0 Å². The Morgan fingerprint density at radius 3 is 3.06 bits per heavy atom. The topological polar surface area (TPSA) is 21.3 Å². The largest absolute Gasteiger partial charge is 0.493 e. The minimum Gasteiger partial charge on any atom is -0.493 e. The van der Waals surface area contributed by atoms with Gasteiger partial charge in [-0.1, -0.05) is 19.1 Å². The van der Waals surface area contributed by atoms with Crippen LogP contribution in [0.1, 0.15) is 37.3 Å². The van der Waals surface area contributed by atoms with Gasteiger partial charge in [0.2, 0.25) is 0 Å². The Labute approximate surface area is 103 Å². The van der Waals surface area contributed by atoms with Crippen LogP contribution >= 0.6 is 0 Å². The van der Waals surface area contributed by atoms with E-state index in [2.05, 4.69) is 37.5 Å². The molecule has 1 aliphatic carbocycles. The number of nitrogens with one attached hydrogen (secondary N) is 1. The van der Waals surface area contributed by atoms with Crippen LogP contribution in [0, 0.1) is 0 Å². The molecular formula is C15H21NO. The van der Waals surface area contributed by atoms with Crippen molar-refractivity contribution in [3.8, 4) is 5.75 Å². The highest BCUT2D eigenvalue weighted by Crippen LogP contribution is 2.42. The van der Waals surface area contributed by atoms with E-state index in [9.17, 15) is 0 Å². The fourth-order valence-electron chi connectivity index (χ4n) is 3.31. The second-order valence-electron chi connectivity index (χ2n) is 5.71. The molecule has 0 bridgehead atoms. The summed E-state index contributed by atoms with van der Waals surface area (Å²) in [7, 11) is 2.08. The maximum absolute atomic E-state index is 5.58. The molecule has 2 nitrogen and oxygen atoms in total. The molecule has 92 valence electrons. The Hall–Kier alpha value is -1.02. The minimum absolute atomic E-state index is 0.352. The normalized spacial score (nSPS) is 31.3. The van der Waals surface area contributed by atoms with Crippen LogP contribution in [0.25, 0.3) is 0 Å². The lowest BCUT2D eigenvalue weighted by molar-refractivity contribution is 0.356. The third-order valence-corrected chi connectivity index (χ3v) is 4.54. The molecule has 0 saturated heterocycles. The van der Waals surface area contributed by atoms with E-state index >= 15 is 0 Å². The lowest BCUT2D eigenvalue weighted by atomic mass is 9.80. The van der Waals surface area contributed by atoms with Gasteiger partial charge in [0.25, 0.3) is 0 Å². The van der Waals surface area contributed by atoms with Crippen molar-refractivity contribution < 1.29 is 4.74 Å². The lowest BCUT2D eigenvalue weighted by Gasteiger charge is -2.25. The highest BCUT2D eigenvalue weighted by Gasteiger charge is 2.36. The van der Waals surface area contributed by atoms with Gasteiger partial charge in [-0.15, -0.1) is 0 Å². The zero-order chi connectivity index (χ0) is 11.9. The van der Waals surface area contributed by atoms with Gasteiger partial charge < -0.3 is 10.1 Å². The summed E-state index contributed by atoms with van der Waals surface area (Å²) in [5.41, 5.74) is 3.25. The predicted octanol–water partition coefficient (Wildman–Crippen LogP) is 2.65. The molecule has 0 radical (unpaired) electrons. The molecule has 17 heavy (non-hydrogen) atoms. The Morgan fingerprint density at radius 1 is 1.41 bits per heavy atom. The number of benzene rings is 1. The van der Waals surface area contributed by atoms with Crippen molar-refractivity contribution in [3.05, 3.63) is 29.3 Å². The first-order valence-electron chi connectivity index (χ1n) is 6.65. The van der Waals surface area contributed by atoms with E-state index < -0.39 is 0 Å². The molecule has 1 N–H and O–H groups in total. The Bertz CT molecular complexity index is 429. The van der Waals surface area contributed by atoms with Crippen LogP contribution in [0.3, 0.4) is 0 Å². The summed E-state index contributed by atoms with van der Waals surface area (Å²) in [6.07, 6.45) is 4.91. The molecule has 1 fully saturated rings. The van der Waals surface area contributed by atoms with E-state index in [4.69, 9.17) is 4.74 Å². The van der Waals surface area contributed by atoms with Gasteiger partial charge in [0.05, 0.1) is 6.61 Å². The summed E-state index contributed by atoms with van der Waals surface area (Å²) in [5, 5.41) is 3.42. The molecule has 1 aromatic carbocycles. The molecule has 0 aromatic heterocycles. The molecule has 0 spiro atoms. The summed E-state index contributed by atoms with van der Waals surface area (Å²) in [5.74, 6) is 1.10. The zero-order valence-corrected chi connectivity index (χ0v) is 10.8. The predicted molar refractivity (Wildman–Crippen MR) is 69.7 cm³/mol. The third-order valence-electron chi connectivity index (χ3n) is 4.54. The average Bonchev–Trinajstić information content (AvgIpc) is 2.94. The number of rotatable bonds is 2. The fourth-order valence-corrected chi connectivity index (χ4v) is 3.31. The highest BCUT2D eigenvalue weighted by molar-refractivity contribution is 5.42. The molecule has 2 unspecified atom stereocenters. The van der Waals surface area contributed by atoms with Crippen LogP contribution in [0.15, 0.2) is 18.2 Å². The summed E-state index contributed by atoms with van der Waals surface area (Å²) in [6, 6.07) is 7.49. The summed E-state index contributed by atoms with van der Waals surface area (Å²) < 4.78 is 5.58. The van der Waals surface area contributed by atoms with E-state index in [1.165, 1.54) is 30.4 Å². The fraction of sp³-hybridized carbons (Fsp3) is 0.600. The molecule has 2 aliphatic rings. The number of hydrogen-bond acceptors (Lipinski definition) is 2. The molecule has 3 rings (SSSR count). The lowest BCUT2D eigenvalue weighted by Crippen LogP contribution is -2.25. The molecule has 1 heterocycles. The number of hydrogen-bond donors (Lipinski definition) is 1. The first-order chi connectivity index (χ1) is 8.21. The Kier molecular flexibility index (Phi) is 2.62. The molecule has 1 aliphatic heterocycles. The van der Waals surface area contributed by atoms with Gasteiger partial charge in [0.15, 0.2) is 0 Å². The third kappa shape index (κ3) is 1.85. The minimum atomic E-state index is 0.352. The maximum atomic E-state index is 5.58. The van der Waals surface area contributed by atoms with Gasteiger partial charge in [-0.2, -0.15) is 0 Å². The highest BCUT2D eigenvalue weighted by atomic mass is 16.5. The quantitative estimate of drug-likeness (QED) is 0.845. The van der Waals surface area contributed by atoms with Gasteiger partial charge >= 0.3 is 0 Å². The van der Waals surface area contributed by atoms with E-state index in [-0.39, 0.29) is 0 Å². The van der Waals surface area contributed by atoms with Crippen molar-refractivity contribution in [1.29, 1.82) is 0 Å². The number of ether oxygens (including phenoxy) is 1. The summed E-state index contributed by atoms with van der Waals surface area (Å²) >= 11 is 0. The van der Waals surface area contributed by atoms with Gasteiger partial charge in [0.1, 0.15) is 5.75 Å². The molecular weight excluding hydrogens is 210 g/mol. The summed E-state index contributed by atoms with van der Waals surface area (Å²) in [4.78, 5) is 0. The van der Waals surface area contributed by atoms with Crippen molar-refractivity contribution in [3.63, 3.8) is 0 Å². The van der Waals surface area contributed by atoms with Crippen molar-refractivity contribution >= 4 is 0 Å². The SMILES string of the molecule is CNC1CCC(C)(c2ccc3c(c2)CCO3)C1. The molecule has 2 heteroatoms. The van der Waals surface area contributed by atoms with Crippen LogP contribution in [-0.4, -0.2) is 19.7 Å². The molecule has 1 aromatic rings. The molecule has 1 saturated carbocycles. The van der Waals surface area contributed by atoms with Gasteiger partial charge in [-0.3, -0.25) is 0 Å². The zero-order valence-electron chi connectivity index (χ0n) is 10.8. The van der Waals surface area contributed by atoms with Crippen LogP contribution < -0.4 is 10.1 Å². The number of fused-ring (bicyclic) bond motifs is 1. The van der Waals surface area contributed by atoms with E-state index in [1.54, 1.807) is 0 Å². The smallest absolute Gasteiger partial charge is 0.122 e. The Balaban J connectivity index is 1.89. The summed E-state index contributed by atoms with van der Waals surface area (Å²) in [6.45, 7) is 3.26. The van der Waals surface area contributed by atoms with E-state index in [1.807, 2.05) is 0 Å². The van der Waals surface area contributed by atoms with Crippen molar-refractivity contribution in [2.24, 2.45) is 0 Å². The maximum Gasteiger partial charge on any atom is 0.122 e. The second-order valence-corrected chi connectivity index (χ2v) is 5.71.